The first-order chi connectivity index (χ1) is 23.7. The van der Waals surface area contributed by atoms with E-state index in [-0.39, 0.29) is 34.8 Å². The number of hydrogen-bond acceptors (Lipinski definition) is 11. The Kier molecular flexibility index (Phi) is 9.09. The van der Waals surface area contributed by atoms with Crippen molar-refractivity contribution in [2.24, 2.45) is 0 Å². The third-order valence-electron chi connectivity index (χ3n) is 9.92. The summed E-state index contributed by atoms with van der Waals surface area (Å²) in [7, 11) is 0. The summed E-state index contributed by atoms with van der Waals surface area (Å²) in [6.45, 7) is 7.63. The van der Waals surface area contributed by atoms with Gasteiger partial charge in [0.2, 0.25) is 17.8 Å². The van der Waals surface area contributed by atoms with E-state index in [4.69, 9.17) is 4.98 Å². The van der Waals surface area contributed by atoms with Crippen LogP contribution < -0.4 is 26.4 Å². The fourth-order valence-corrected chi connectivity index (χ4v) is 7.23. The van der Waals surface area contributed by atoms with Crippen molar-refractivity contribution in [3.63, 3.8) is 0 Å². The minimum absolute atomic E-state index is 0.0176. The monoisotopic (exact) mass is 663 g/mol. The Bertz CT molecular complexity index is 1940. The van der Waals surface area contributed by atoms with Crippen LogP contribution in [-0.4, -0.2) is 74.2 Å². The van der Waals surface area contributed by atoms with E-state index >= 15 is 0 Å². The number of carbonyl (C=O) groups is 3. The lowest BCUT2D eigenvalue weighted by atomic mass is 10.0. The molecule has 2 amide bonds. The highest BCUT2D eigenvalue weighted by Crippen LogP contribution is 2.32. The number of piperazine rings is 1. The maximum atomic E-state index is 13.5. The molecular weight excluding hydrogens is 622 g/mol. The highest BCUT2D eigenvalue weighted by molar-refractivity contribution is 6.01. The van der Waals surface area contributed by atoms with Crippen LogP contribution in [0, 0.1) is 6.92 Å². The molecule has 4 aromatic rings. The molecular formula is C36H41N9O4. The third kappa shape index (κ3) is 6.89. The molecule has 1 aliphatic carbocycles. The van der Waals surface area contributed by atoms with E-state index in [9.17, 15) is 19.2 Å². The number of amides is 2. The molecule has 0 radical (unpaired) electrons. The van der Waals surface area contributed by atoms with Gasteiger partial charge < -0.3 is 15.5 Å². The summed E-state index contributed by atoms with van der Waals surface area (Å²) in [6, 6.07) is 11.7. The molecule has 3 fully saturated rings. The number of anilines is 4. The molecule has 5 heterocycles. The number of ketones is 1. The maximum absolute atomic E-state index is 13.5. The van der Waals surface area contributed by atoms with Gasteiger partial charge in [0.05, 0.1) is 17.4 Å². The Morgan fingerprint density at radius 1 is 0.939 bits per heavy atom. The van der Waals surface area contributed by atoms with E-state index in [2.05, 4.69) is 47.9 Å². The van der Waals surface area contributed by atoms with E-state index in [0.29, 0.717) is 41.2 Å². The molecule has 13 heteroatoms. The lowest BCUT2D eigenvalue weighted by molar-refractivity contribution is -0.133. The van der Waals surface area contributed by atoms with Crippen LogP contribution in [0.15, 0.2) is 53.6 Å². The number of nitrogens with one attached hydrogen (secondary N) is 3. The standard InChI is InChI=1S/C36H41N9O4/c1-22-28-20-38-36(42-33(28)45(26-5-3-4-6-26)35(49)32(22)23(2)46)40-30-13-11-27(19-37-30)44-17-15-43(16-18-44)21-24-7-9-25(10-8-24)39-29-12-14-31(47)41-34(29)48/h7-11,13,19-20,26,29,39H,3-6,12,14-18,21H2,1-2H3,(H,41,47,48)(H,37,38,40,42). The second kappa shape index (κ2) is 13.7. The molecule has 254 valence electrons. The number of aryl methyl sites for hydroxylation is 1. The molecule has 3 aliphatic rings. The van der Waals surface area contributed by atoms with Crippen molar-refractivity contribution in [2.45, 2.75) is 71.0 Å². The number of aromatic nitrogens is 4. The molecule has 0 bridgehead atoms. The zero-order valence-electron chi connectivity index (χ0n) is 27.9. The summed E-state index contributed by atoms with van der Waals surface area (Å²) >= 11 is 0. The van der Waals surface area contributed by atoms with Crippen LogP contribution >= 0.6 is 0 Å². The number of fused-ring (bicyclic) bond motifs is 1. The van der Waals surface area contributed by atoms with Gasteiger partial charge in [0.15, 0.2) is 5.78 Å². The summed E-state index contributed by atoms with van der Waals surface area (Å²) in [4.78, 5) is 68.1. The first kappa shape index (κ1) is 32.4. The van der Waals surface area contributed by atoms with Gasteiger partial charge in [-0.05, 0) is 68.5 Å². The van der Waals surface area contributed by atoms with Gasteiger partial charge in [-0.1, -0.05) is 25.0 Å². The zero-order valence-corrected chi connectivity index (χ0v) is 27.9. The van der Waals surface area contributed by atoms with Gasteiger partial charge in [-0.25, -0.2) is 9.97 Å². The smallest absolute Gasteiger partial charge is 0.263 e. The Balaban J connectivity index is 0.962. The predicted octanol–water partition coefficient (Wildman–Crippen LogP) is 4.10. The molecule has 1 atom stereocenters. The summed E-state index contributed by atoms with van der Waals surface area (Å²) < 4.78 is 1.71. The first-order valence-corrected chi connectivity index (χ1v) is 17.1. The molecule has 2 saturated heterocycles. The Hall–Kier alpha value is -5.17. The van der Waals surface area contributed by atoms with Crippen LogP contribution in [0.2, 0.25) is 0 Å². The lowest BCUT2D eigenvalue weighted by Gasteiger charge is -2.36. The van der Waals surface area contributed by atoms with Crippen molar-refractivity contribution in [3.8, 4) is 0 Å². The number of rotatable bonds is 9. The van der Waals surface area contributed by atoms with Crippen LogP contribution in [0.25, 0.3) is 11.0 Å². The van der Waals surface area contributed by atoms with Crippen molar-refractivity contribution in [3.05, 3.63) is 75.8 Å². The summed E-state index contributed by atoms with van der Waals surface area (Å²) in [5, 5.41) is 9.53. The van der Waals surface area contributed by atoms with Crippen molar-refractivity contribution in [2.75, 3.05) is 41.7 Å². The molecule has 3 N–H and O–H groups in total. The minimum Gasteiger partial charge on any atom is -0.374 e. The van der Waals surface area contributed by atoms with E-state index in [1.807, 2.05) is 30.5 Å². The summed E-state index contributed by atoms with van der Waals surface area (Å²) in [5.41, 5.74) is 4.22. The summed E-state index contributed by atoms with van der Waals surface area (Å²) in [6.07, 6.45) is 8.26. The van der Waals surface area contributed by atoms with Gasteiger partial charge in [0.1, 0.15) is 17.5 Å². The van der Waals surface area contributed by atoms with Gasteiger partial charge in [-0.3, -0.25) is 34.0 Å². The number of imide groups is 1. The fraction of sp³-hybridized carbons (Fsp3) is 0.417. The molecule has 2 aliphatic heterocycles. The van der Waals surface area contributed by atoms with Crippen LogP contribution in [0.1, 0.15) is 73.0 Å². The molecule has 0 spiro atoms. The Morgan fingerprint density at radius 3 is 2.37 bits per heavy atom. The van der Waals surface area contributed by atoms with Gasteiger partial charge in [-0.2, -0.15) is 4.98 Å². The first-order valence-electron chi connectivity index (χ1n) is 17.1. The molecule has 13 nitrogen and oxygen atoms in total. The quantitative estimate of drug-likeness (QED) is 0.175. The number of pyridine rings is 2. The highest BCUT2D eigenvalue weighted by Gasteiger charge is 2.27. The fourth-order valence-electron chi connectivity index (χ4n) is 7.23. The third-order valence-corrected chi connectivity index (χ3v) is 9.92. The maximum Gasteiger partial charge on any atom is 0.263 e. The molecule has 3 aromatic heterocycles. The van der Waals surface area contributed by atoms with Crippen molar-refractivity contribution < 1.29 is 14.4 Å². The predicted molar refractivity (Wildman–Crippen MR) is 187 cm³/mol. The van der Waals surface area contributed by atoms with Crippen molar-refractivity contribution in [1.29, 1.82) is 0 Å². The average Bonchev–Trinajstić information content (AvgIpc) is 3.62. The summed E-state index contributed by atoms with van der Waals surface area (Å²) in [5.74, 6) is 0.223. The largest absolute Gasteiger partial charge is 0.374 e. The molecule has 7 rings (SSSR count). The molecule has 1 saturated carbocycles. The van der Waals surface area contributed by atoms with Crippen LogP contribution in [-0.2, 0) is 16.1 Å². The second-order valence-electron chi connectivity index (χ2n) is 13.2. The van der Waals surface area contributed by atoms with Gasteiger partial charge in [0.25, 0.3) is 5.56 Å². The van der Waals surface area contributed by atoms with Crippen LogP contribution in [0.3, 0.4) is 0 Å². The van der Waals surface area contributed by atoms with Crippen LogP contribution in [0.4, 0.5) is 23.1 Å². The lowest BCUT2D eigenvalue weighted by Crippen LogP contribution is -2.47. The van der Waals surface area contributed by atoms with E-state index < -0.39 is 6.04 Å². The van der Waals surface area contributed by atoms with Crippen LogP contribution in [0.5, 0.6) is 0 Å². The Labute approximate surface area is 284 Å². The second-order valence-corrected chi connectivity index (χ2v) is 13.2. The number of benzene rings is 1. The highest BCUT2D eigenvalue weighted by atomic mass is 16.2. The molecule has 1 unspecified atom stereocenters. The number of hydrogen-bond donors (Lipinski definition) is 3. The van der Waals surface area contributed by atoms with E-state index in [1.165, 1.54) is 12.5 Å². The van der Waals surface area contributed by atoms with Gasteiger partial charge in [0, 0.05) is 62.5 Å². The Morgan fingerprint density at radius 2 is 1.69 bits per heavy atom. The number of piperidine rings is 1. The number of carbonyl (C=O) groups excluding carboxylic acids is 3. The van der Waals surface area contributed by atoms with Crippen molar-refractivity contribution >= 4 is 51.8 Å². The van der Waals surface area contributed by atoms with E-state index in [1.54, 1.807) is 17.7 Å². The van der Waals surface area contributed by atoms with Gasteiger partial charge in [-0.15, -0.1) is 0 Å². The van der Waals surface area contributed by atoms with Gasteiger partial charge >= 0.3 is 0 Å². The minimum atomic E-state index is -0.391. The average molecular weight is 664 g/mol. The zero-order chi connectivity index (χ0) is 34.1. The molecule has 1 aromatic carbocycles. The SMILES string of the molecule is CC(=O)c1c(C)c2cnc(Nc3ccc(N4CCN(Cc5ccc(NC6CCC(=O)NC6=O)cc5)CC4)cn3)nc2n(C2CCCC2)c1=O. The topological polar surface area (TPSA) is 154 Å². The molecule has 49 heavy (non-hydrogen) atoms. The normalized spacial score (nSPS) is 18.9. The van der Waals surface area contributed by atoms with Crippen molar-refractivity contribution in [1.82, 2.24) is 29.7 Å². The number of Topliss-reactive ketones (excluding diaryl/α,β-unsaturated/α-hetero) is 1. The number of nitrogens with zero attached hydrogens (tertiary/aromatic N) is 6. The van der Waals surface area contributed by atoms with E-state index in [0.717, 1.165) is 69.8 Å².